The molecule has 0 fully saturated rings. The van der Waals surface area contributed by atoms with E-state index in [0.29, 0.717) is 34.5 Å². The molecule has 0 aliphatic rings. The Hall–Kier alpha value is -16.7. The Labute approximate surface area is 851 Å². The van der Waals surface area contributed by atoms with Gasteiger partial charge in [0.1, 0.15) is 16.9 Å². The quantitative estimate of drug-likeness (QED) is 0.0939. The third-order valence-corrected chi connectivity index (χ3v) is 27.3. The van der Waals surface area contributed by atoms with Crippen molar-refractivity contribution in [3.63, 3.8) is 0 Å². The van der Waals surface area contributed by atoms with Gasteiger partial charge in [-0.25, -0.2) is 15.0 Å². The van der Waals surface area contributed by atoms with Crippen LogP contribution in [0.15, 0.2) is 365 Å². The molecule has 0 bridgehead atoms. The fourth-order valence-corrected chi connectivity index (χ4v) is 21.3. The second-order valence-electron chi connectivity index (χ2n) is 36.3. The molecule has 0 aliphatic carbocycles. The van der Waals surface area contributed by atoms with E-state index < -0.39 is 0 Å². The minimum absolute atomic E-state index is 0. The summed E-state index contributed by atoms with van der Waals surface area (Å²) in [4.78, 5) is 44.0. The number of nitrogens with zero attached hydrogens (tertiary/aromatic N) is 15. The molecule has 142 heavy (non-hydrogen) atoms. The second kappa shape index (κ2) is 33.3. The van der Waals surface area contributed by atoms with Crippen molar-refractivity contribution in [1.29, 1.82) is 0 Å². The Balaban J connectivity index is 0.000000108. The number of hydrogen-bond acceptors (Lipinski definition) is 12. The molecule has 0 N–H and O–H groups in total. The average Bonchev–Trinajstić information content (AvgIpc) is 1.53. The van der Waals surface area contributed by atoms with Crippen molar-refractivity contribution in [2.24, 2.45) is 0 Å². The SMILES string of the molecule is CC(C)(C)c1ccnc2c1c1cccc3c4ccc(Oc5[c-]c6c(cc5)c5ncccc5n5cc(-c7ccccc7)nc65)[c-]c4n2c31.[Pt+2].[Pt+2].[Pt+2].[c-]1c(Oc2[c-]c3c(cc2)c2cccc4c5c(-c6ccccc6)ccnc5n3c24)ccc2c1c1nc(-c3ccccc3)cn1c1cccnc21.[c-]1c(Oc2[c-]c3c(cc2)c2cccc4c5cccnc5n3c24)ccc2c1c1nc(-c3ccccc3)cn1c1cccnc21. The number of hydrogen-bond donors (Lipinski definition) is 0. The second-order valence-corrected chi connectivity index (χ2v) is 36.3. The molecule has 0 radical (unpaired) electrons. The summed E-state index contributed by atoms with van der Waals surface area (Å²) in [5.41, 5.74) is 26.5. The smallest absolute Gasteiger partial charge is 0.503 e. The van der Waals surface area contributed by atoms with E-state index in [1.165, 1.54) is 54.3 Å². The number of para-hydroxylation sites is 3. The molecular weight excluding hydrogens is 2300 g/mol. The van der Waals surface area contributed by atoms with Crippen molar-refractivity contribution in [2.75, 3.05) is 0 Å². The predicted molar refractivity (Wildman–Crippen MR) is 554 cm³/mol. The van der Waals surface area contributed by atoms with E-state index in [1.54, 1.807) is 0 Å². The van der Waals surface area contributed by atoms with Gasteiger partial charge in [0, 0.05) is 156 Å². The summed E-state index contributed by atoms with van der Waals surface area (Å²) < 4.78 is 32.5. The van der Waals surface area contributed by atoms with E-state index in [4.69, 9.17) is 59.1 Å². The van der Waals surface area contributed by atoms with Crippen LogP contribution in [-0.4, -0.2) is 71.3 Å². The van der Waals surface area contributed by atoms with Crippen molar-refractivity contribution in [2.45, 2.75) is 26.2 Å². The Morgan fingerprint density at radius 2 is 0.549 bits per heavy atom. The molecule has 0 amide bonds. The van der Waals surface area contributed by atoms with Crippen LogP contribution in [0.5, 0.6) is 34.5 Å². The van der Waals surface area contributed by atoms with Gasteiger partial charge in [0.2, 0.25) is 0 Å². The van der Waals surface area contributed by atoms with Gasteiger partial charge in [-0.2, -0.15) is 18.2 Å². The first-order chi connectivity index (χ1) is 68.5. The Kier molecular flexibility index (Phi) is 20.1. The van der Waals surface area contributed by atoms with Gasteiger partial charge < -0.3 is 40.6 Å². The van der Waals surface area contributed by atoms with Gasteiger partial charge in [0.15, 0.2) is 0 Å². The van der Waals surface area contributed by atoms with Gasteiger partial charge in [0.05, 0.1) is 67.1 Å². The molecule has 0 spiro atoms. The summed E-state index contributed by atoms with van der Waals surface area (Å²) >= 11 is 0. The summed E-state index contributed by atoms with van der Waals surface area (Å²) in [5.74, 6) is 3.56. The van der Waals surface area contributed by atoms with Gasteiger partial charge in [-0.1, -0.05) is 282 Å². The Morgan fingerprint density at radius 1 is 0.239 bits per heavy atom. The van der Waals surface area contributed by atoms with Crippen molar-refractivity contribution in [3.05, 3.63) is 407 Å². The van der Waals surface area contributed by atoms with Crippen LogP contribution in [0, 0.1) is 36.4 Å². The zero-order valence-corrected chi connectivity index (χ0v) is 82.3. The molecule has 18 nitrogen and oxygen atoms in total. The van der Waals surface area contributed by atoms with Gasteiger partial charge >= 0.3 is 63.2 Å². The van der Waals surface area contributed by atoms with Crippen LogP contribution < -0.4 is 14.2 Å². The molecule has 676 valence electrons. The van der Waals surface area contributed by atoms with E-state index in [1.807, 2.05) is 165 Å². The van der Waals surface area contributed by atoms with Gasteiger partial charge in [-0.15, -0.1) is 70.8 Å². The molecule has 18 aromatic heterocycles. The van der Waals surface area contributed by atoms with Crippen LogP contribution >= 0.6 is 0 Å². The number of imidazole rings is 3. The molecular formula is C121H69N15O3Pt3. The Morgan fingerprint density at radius 3 is 0.951 bits per heavy atom. The number of aromatic nitrogens is 15. The van der Waals surface area contributed by atoms with Crippen LogP contribution in [0.2, 0.25) is 0 Å². The topological polar surface area (TPSA) is 170 Å². The number of rotatable bonds is 10. The minimum Gasteiger partial charge on any atom is -0.503 e. The minimum atomic E-state index is -0.0259. The zero-order valence-electron chi connectivity index (χ0n) is 75.5. The van der Waals surface area contributed by atoms with E-state index in [-0.39, 0.29) is 68.6 Å². The first-order valence-corrected chi connectivity index (χ1v) is 46.1. The van der Waals surface area contributed by atoms with Gasteiger partial charge in [0.25, 0.3) is 0 Å². The molecule has 0 unspecified atom stereocenters. The van der Waals surface area contributed by atoms with E-state index in [0.717, 1.165) is 193 Å². The third-order valence-electron chi connectivity index (χ3n) is 27.3. The van der Waals surface area contributed by atoms with E-state index in [2.05, 4.69) is 284 Å². The number of pyridine rings is 9. The number of benzene rings is 13. The van der Waals surface area contributed by atoms with Gasteiger partial charge in [-0.3, -0.25) is 29.9 Å². The third kappa shape index (κ3) is 13.2. The molecule has 0 aliphatic heterocycles. The molecule has 21 heteroatoms. The van der Waals surface area contributed by atoms with Crippen molar-refractivity contribution in [3.8, 4) is 79.4 Å². The first-order valence-electron chi connectivity index (χ1n) is 46.1. The monoisotopic (exact) mass is 2360 g/mol. The van der Waals surface area contributed by atoms with Crippen molar-refractivity contribution >= 4 is 197 Å². The summed E-state index contributed by atoms with van der Waals surface area (Å²) in [6, 6.07) is 127. The molecule has 18 heterocycles. The summed E-state index contributed by atoms with van der Waals surface area (Å²) in [5, 5.41) is 19.4. The van der Waals surface area contributed by atoms with Crippen LogP contribution in [-0.2, 0) is 68.6 Å². The zero-order chi connectivity index (χ0) is 91.6. The number of ether oxygens (including phenoxy) is 3. The fraction of sp³-hybridized carbons (Fsp3) is 0.0331. The van der Waals surface area contributed by atoms with E-state index >= 15 is 0 Å². The maximum absolute atomic E-state index is 6.54. The largest absolute Gasteiger partial charge is 2.00 e. The standard InChI is InChI=1S/C43H23N5O.C41H27N5O.C37H19N5O.3Pt/c1-3-9-26(10-4-1)30-20-22-45-43-39(30)34-14-7-13-33-31-18-16-29(24-38(31)48(43)41(33)34)49-28-17-19-32-35(23-28)42-46-36(27-11-5-2-6-12-27)25-47(42)37-15-8-21-44-40(32)37;1-41(2,3)32-18-20-43-40-36(32)30-12-7-11-29-27-16-14-26(22-35(27)46(40)38(29)30)47-25-15-17-28-31(21-25)39-44-33(24-9-5-4-6-10-24)23-45(39)34-13-8-19-42-37(28)34;1-2-7-22(8-3-1)31-21-41-32-12-6-17-38-34(32)26-16-14-23(19-30(26)37(41)40-31)43-24-13-15-25-27-9-4-10-28-29-11-5-18-39-36(29)42(35(27)28)33(25)20-24;;;/h1-22,25H;4-20,23H,1-3H3;1-18,21H;;;/q3*-2;3*+2. The fourth-order valence-electron chi connectivity index (χ4n) is 21.3. The predicted octanol–water partition coefficient (Wildman–Crippen LogP) is 28.9. The molecule has 0 saturated heterocycles. The molecule has 31 rings (SSSR count). The average molecular weight is 2370 g/mol. The first kappa shape index (κ1) is 85.7. The van der Waals surface area contributed by atoms with Crippen molar-refractivity contribution < 1.29 is 77.4 Å². The molecule has 13 aromatic carbocycles. The molecule has 0 saturated carbocycles. The van der Waals surface area contributed by atoms with Gasteiger partial charge in [-0.05, 0) is 98.9 Å². The molecule has 0 atom stereocenters. The van der Waals surface area contributed by atoms with Crippen LogP contribution in [0.3, 0.4) is 0 Å². The maximum atomic E-state index is 6.54. The maximum Gasteiger partial charge on any atom is 2.00 e. The summed E-state index contributed by atoms with van der Waals surface area (Å²) in [6.07, 6.45) is 17.3. The molecule has 31 aromatic rings. The van der Waals surface area contributed by atoms with Crippen LogP contribution in [0.25, 0.3) is 242 Å². The Bertz CT molecular complexity index is 10500. The number of fused-ring (bicyclic) bond motifs is 36. The normalized spacial score (nSPS) is 12.0. The summed E-state index contributed by atoms with van der Waals surface area (Å²) in [7, 11) is 0. The van der Waals surface area contributed by atoms with Crippen LogP contribution in [0.4, 0.5) is 0 Å². The van der Waals surface area contributed by atoms with E-state index in [9.17, 15) is 0 Å². The van der Waals surface area contributed by atoms with Crippen molar-refractivity contribution in [1.82, 2.24) is 71.3 Å². The van der Waals surface area contributed by atoms with Crippen LogP contribution in [0.1, 0.15) is 26.3 Å². The summed E-state index contributed by atoms with van der Waals surface area (Å²) in [6.45, 7) is 6.77.